The van der Waals surface area contributed by atoms with E-state index in [1.807, 2.05) is 0 Å². The summed E-state index contributed by atoms with van der Waals surface area (Å²) in [6.45, 7) is 0. The van der Waals surface area contributed by atoms with Crippen LogP contribution in [-0.2, 0) is 16.3 Å². The molecular formula is C16H11F5N2O3S. The molecule has 1 aromatic carbocycles. The number of rotatable bonds is 3. The summed E-state index contributed by atoms with van der Waals surface area (Å²) in [4.78, 5) is -1.12. The fourth-order valence-corrected chi connectivity index (χ4v) is 4.00. The third kappa shape index (κ3) is 2.98. The summed E-state index contributed by atoms with van der Waals surface area (Å²) in [5, 5.41) is 18.8. The molecule has 5 nitrogen and oxygen atoms in total. The number of hydrogen-bond donors (Lipinski definition) is 1. The summed E-state index contributed by atoms with van der Waals surface area (Å²) in [7, 11) is -5.30. The van der Waals surface area contributed by atoms with Gasteiger partial charge < -0.3 is 9.67 Å². The van der Waals surface area contributed by atoms with Crippen molar-refractivity contribution in [3.63, 3.8) is 0 Å². The molecule has 27 heavy (non-hydrogen) atoms. The van der Waals surface area contributed by atoms with Crippen molar-refractivity contribution < 1.29 is 35.5 Å². The van der Waals surface area contributed by atoms with Crippen LogP contribution in [0.25, 0.3) is 5.69 Å². The van der Waals surface area contributed by atoms with Crippen LogP contribution < -0.4 is 0 Å². The number of alkyl halides is 4. The highest BCUT2D eigenvalue weighted by Gasteiger charge is 2.48. The molecule has 0 aliphatic heterocycles. The Balaban J connectivity index is 2.32. The molecule has 1 aliphatic rings. The first-order valence-electron chi connectivity index (χ1n) is 7.52. The summed E-state index contributed by atoms with van der Waals surface area (Å²) in [6, 6.07) is 4.62. The molecule has 1 atom stereocenters. The van der Waals surface area contributed by atoms with E-state index in [2.05, 4.69) is 0 Å². The number of hydrogen-bond acceptors (Lipinski definition) is 4. The standard InChI is InChI=1S/C16H11F5N2O3S/c17-10-2-1-9(5-8(10)6-22)23-7-12(27(25,26)15(18)19)13-11(23)3-4-16(20,21)14(13)24/h1-2,5,7,14-15,24H,3-4H2. The Morgan fingerprint density at radius 2 is 2.00 bits per heavy atom. The molecule has 11 heteroatoms. The lowest BCUT2D eigenvalue weighted by molar-refractivity contribution is -0.123. The Labute approximate surface area is 150 Å². The largest absolute Gasteiger partial charge is 0.382 e. The van der Waals surface area contributed by atoms with Gasteiger partial charge in [0, 0.05) is 29.6 Å². The zero-order valence-corrected chi connectivity index (χ0v) is 14.2. The first kappa shape index (κ1) is 19.3. The van der Waals surface area contributed by atoms with Crippen molar-refractivity contribution in [3.8, 4) is 11.8 Å². The van der Waals surface area contributed by atoms with Gasteiger partial charge in [0.1, 0.15) is 18.0 Å². The maximum Gasteiger partial charge on any atom is 0.341 e. The van der Waals surface area contributed by atoms with Gasteiger partial charge in [0.15, 0.2) is 0 Å². The number of fused-ring (bicyclic) bond motifs is 1. The highest BCUT2D eigenvalue weighted by molar-refractivity contribution is 7.91. The molecule has 1 heterocycles. The number of halogens is 5. The minimum atomic E-state index is -5.30. The number of aliphatic hydroxyl groups is 1. The predicted molar refractivity (Wildman–Crippen MR) is 81.9 cm³/mol. The molecule has 1 N–H and O–H groups in total. The molecule has 1 aromatic heterocycles. The molecule has 1 unspecified atom stereocenters. The number of nitriles is 1. The highest BCUT2D eigenvalue weighted by Crippen LogP contribution is 2.46. The molecule has 0 saturated carbocycles. The molecule has 0 saturated heterocycles. The lowest BCUT2D eigenvalue weighted by atomic mass is 9.91. The van der Waals surface area contributed by atoms with E-state index in [-0.39, 0.29) is 11.4 Å². The average molecular weight is 406 g/mol. The van der Waals surface area contributed by atoms with Crippen LogP contribution in [0.2, 0.25) is 0 Å². The van der Waals surface area contributed by atoms with Gasteiger partial charge in [0.25, 0.3) is 5.92 Å². The maximum absolute atomic E-state index is 13.9. The van der Waals surface area contributed by atoms with E-state index in [4.69, 9.17) is 5.26 Å². The monoisotopic (exact) mass is 406 g/mol. The van der Waals surface area contributed by atoms with Gasteiger partial charge >= 0.3 is 5.76 Å². The Morgan fingerprint density at radius 3 is 2.59 bits per heavy atom. The molecule has 1 aliphatic carbocycles. The van der Waals surface area contributed by atoms with Crippen molar-refractivity contribution in [2.24, 2.45) is 0 Å². The predicted octanol–water partition coefficient (Wildman–Crippen LogP) is 3.10. The zero-order valence-electron chi connectivity index (χ0n) is 13.3. The molecule has 3 rings (SSSR count). The molecular weight excluding hydrogens is 395 g/mol. The van der Waals surface area contributed by atoms with Gasteiger partial charge in [-0.2, -0.15) is 14.0 Å². The Bertz CT molecular complexity index is 1060. The van der Waals surface area contributed by atoms with Crippen LogP contribution in [0.15, 0.2) is 29.3 Å². The molecule has 144 valence electrons. The molecule has 0 radical (unpaired) electrons. The SMILES string of the molecule is N#Cc1cc(-n2cc(S(=O)(=O)C(F)F)c3c2CCC(F)(F)C3O)ccc1F. The quantitative estimate of drug-likeness (QED) is 0.795. The minimum absolute atomic E-state index is 0.0114. The fourth-order valence-electron chi connectivity index (χ4n) is 3.02. The van der Waals surface area contributed by atoms with Crippen LogP contribution in [0, 0.1) is 17.1 Å². The van der Waals surface area contributed by atoms with E-state index in [1.54, 1.807) is 6.07 Å². The van der Waals surface area contributed by atoms with Crippen molar-refractivity contribution >= 4 is 9.84 Å². The molecule has 0 bridgehead atoms. The Kier molecular flexibility index (Phi) is 4.52. The molecule has 0 amide bonds. The van der Waals surface area contributed by atoms with Gasteiger partial charge in [-0.1, -0.05) is 0 Å². The maximum atomic E-state index is 13.9. The van der Waals surface area contributed by atoms with E-state index in [9.17, 15) is 35.5 Å². The fraction of sp³-hybridized carbons (Fsp3) is 0.312. The normalized spacial score (nSPS) is 19.0. The van der Waals surface area contributed by atoms with Crippen molar-refractivity contribution in [1.82, 2.24) is 4.57 Å². The van der Waals surface area contributed by atoms with Gasteiger partial charge in [-0.15, -0.1) is 0 Å². The van der Waals surface area contributed by atoms with E-state index in [0.29, 0.717) is 6.20 Å². The topological polar surface area (TPSA) is 83.1 Å². The summed E-state index contributed by atoms with van der Waals surface area (Å²) in [6.07, 6.45) is -3.17. The van der Waals surface area contributed by atoms with Crippen LogP contribution in [0.1, 0.15) is 29.3 Å². The van der Waals surface area contributed by atoms with Crippen LogP contribution in [0.3, 0.4) is 0 Å². The van der Waals surface area contributed by atoms with Crippen LogP contribution >= 0.6 is 0 Å². The Hall–Kier alpha value is -2.45. The number of aromatic nitrogens is 1. The second-order valence-electron chi connectivity index (χ2n) is 5.97. The average Bonchev–Trinajstić information content (AvgIpc) is 2.99. The van der Waals surface area contributed by atoms with Crippen LogP contribution in [0.4, 0.5) is 22.0 Å². The summed E-state index contributed by atoms with van der Waals surface area (Å²) in [5.41, 5.74) is -1.33. The number of nitrogens with zero attached hydrogens (tertiary/aromatic N) is 2. The van der Waals surface area contributed by atoms with Gasteiger partial charge in [0.05, 0.1) is 10.5 Å². The lowest BCUT2D eigenvalue weighted by Crippen LogP contribution is -2.33. The van der Waals surface area contributed by atoms with Crippen molar-refractivity contribution in [1.29, 1.82) is 5.26 Å². The number of aliphatic hydroxyl groups excluding tert-OH is 1. The van der Waals surface area contributed by atoms with Crippen molar-refractivity contribution in [2.45, 2.75) is 35.5 Å². The van der Waals surface area contributed by atoms with Crippen molar-refractivity contribution in [3.05, 3.63) is 47.0 Å². The third-order valence-electron chi connectivity index (χ3n) is 4.37. The highest BCUT2D eigenvalue weighted by atomic mass is 32.2. The lowest BCUT2D eigenvalue weighted by Gasteiger charge is -2.29. The minimum Gasteiger partial charge on any atom is -0.382 e. The Morgan fingerprint density at radius 1 is 1.33 bits per heavy atom. The second kappa shape index (κ2) is 6.31. The van der Waals surface area contributed by atoms with Gasteiger partial charge in [-0.3, -0.25) is 0 Å². The molecule has 2 aromatic rings. The van der Waals surface area contributed by atoms with E-state index in [1.165, 1.54) is 0 Å². The first-order chi connectivity index (χ1) is 12.5. The van der Waals surface area contributed by atoms with E-state index < -0.39 is 62.3 Å². The van der Waals surface area contributed by atoms with Crippen LogP contribution in [0.5, 0.6) is 0 Å². The second-order valence-corrected chi connectivity index (χ2v) is 7.86. The van der Waals surface area contributed by atoms with E-state index in [0.717, 1.165) is 22.8 Å². The summed E-state index contributed by atoms with van der Waals surface area (Å²) in [5.74, 6) is -8.45. The van der Waals surface area contributed by atoms with Gasteiger partial charge in [-0.25, -0.2) is 21.6 Å². The molecule has 0 spiro atoms. The first-order valence-corrected chi connectivity index (χ1v) is 9.07. The van der Waals surface area contributed by atoms with Crippen LogP contribution in [-0.4, -0.2) is 29.8 Å². The van der Waals surface area contributed by atoms with Gasteiger partial charge in [-0.05, 0) is 24.6 Å². The van der Waals surface area contributed by atoms with Crippen molar-refractivity contribution in [2.75, 3.05) is 0 Å². The third-order valence-corrected chi connectivity index (χ3v) is 5.78. The van der Waals surface area contributed by atoms with Gasteiger partial charge in [0.2, 0.25) is 9.84 Å². The zero-order chi connectivity index (χ0) is 20.1. The molecule has 0 fully saturated rings. The summed E-state index contributed by atoms with van der Waals surface area (Å²) >= 11 is 0. The number of benzene rings is 1. The number of sulfone groups is 1. The summed E-state index contributed by atoms with van der Waals surface area (Å²) < 4.78 is 92.2. The van der Waals surface area contributed by atoms with E-state index >= 15 is 0 Å². The smallest absolute Gasteiger partial charge is 0.341 e.